The van der Waals surface area contributed by atoms with Crippen LogP contribution in [0.5, 0.6) is 0 Å². The second-order valence-electron chi connectivity index (χ2n) is 5.43. The lowest BCUT2D eigenvalue weighted by Crippen LogP contribution is -2.25. The first kappa shape index (κ1) is 13.7. The molecular formula is C17H19N3O. The molecule has 1 aliphatic rings. The molecule has 0 atom stereocenters. The lowest BCUT2D eigenvalue weighted by molar-refractivity contribution is 0.501. The van der Waals surface area contributed by atoms with Crippen molar-refractivity contribution in [2.75, 3.05) is 11.9 Å². The lowest BCUT2D eigenvalue weighted by atomic mass is 10.1. The predicted octanol–water partition coefficient (Wildman–Crippen LogP) is 3.04. The minimum absolute atomic E-state index is 0.525. The van der Waals surface area contributed by atoms with Crippen LogP contribution in [0.15, 0.2) is 41.0 Å². The van der Waals surface area contributed by atoms with Crippen molar-refractivity contribution >= 4 is 5.69 Å². The predicted molar refractivity (Wildman–Crippen MR) is 81.8 cm³/mol. The molecule has 1 heterocycles. The fraction of sp³-hybridized carbons (Fsp3) is 0.353. The summed E-state index contributed by atoms with van der Waals surface area (Å²) in [5.74, 6) is 0.935. The molecule has 108 valence electrons. The van der Waals surface area contributed by atoms with Crippen LogP contribution < -0.4 is 10.2 Å². The third kappa shape index (κ3) is 3.09. The zero-order valence-corrected chi connectivity index (χ0v) is 12.2. The highest BCUT2D eigenvalue weighted by Crippen LogP contribution is 2.35. The van der Waals surface area contributed by atoms with Crippen LogP contribution in [0.2, 0.25) is 0 Å². The minimum Gasteiger partial charge on any atom is -0.467 e. The summed E-state index contributed by atoms with van der Waals surface area (Å²) in [5, 5.41) is 12.6. The Morgan fingerprint density at radius 1 is 1.38 bits per heavy atom. The van der Waals surface area contributed by atoms with E-state index < -0.39 is 0 Å². The van der Waals surface area contributed by atoms with E-state index in [0.29, 0.717) is 6.04 Å². The Kier molecular flexibility index (Phi) is 3.94. The maximum absolute atomic E-state index is 9.47. The first-order chi connectivity index (χ1) is 10.3. The molecule has 1 aromatic heterocycles. The van der Waals surface area contributed by atoms with Gasteiger partial charge in [0.25, 0.3) is 0 Å². The summed E-state index contributed by atoms with van der Waals surface area (Å²) in [4.78, 5) is 2.29. The summed E-state index contributed by atoms with van der Waals surface area (Å²) in [7, 11) is 1.91. The van der Waals surface area contributed by atoms with E-state index in [1.807, 2.05) is 25.2 Å². The first-order valence-electron chi connectivity index (χ1n) is 7.28. The van der Waals surface area contributed by atoms with Crippen molar-refractivity contribution in [1.82, 2.24) is 5.32 Å². The van der Waals surface area contributed by atoms with Gasteiger partial charge in [0.2, 0.25) is 0 Å². The molecule has 0 radical (unpaired) electrons. The molecular weight excluding hydrogens is 262 g/mol. The Balaban J connectivity index is 1.90. The van der Waals surface area contributed by atoms with Gasteiger partial charge in [-0.15, -0.1) is 0 Å². The number of hydrogen-bond acceptors (Lipinski definition) is 4. The van der Waals surface area contributed by atoms with Crippen LogP contribution in [0.4, 0.5) is 5.69 Å². The molecule has 4 nitrogen and oxygen atoms in total. The van der Waals surface area contributed by atoms with Crippen molar-refractivity contribution in [3.05, 3.63) is 53.5 Å². The van der Waals surface area contributed by atoms with Crippen molar-refractivity contribution in [3.8, 4) is 6.07 Å². The molecule has 1 fully saturated rings. The van der Waals surface area contributed by atoms with Gasteiger partial charge in [-0.2, -0.15) is 5.26 Å². The maximum atomic E-state index is 9.47. The summed E-state index contributed by atoms with van der Waals surface area (Å²) >= 11 is 0. The molecule has 3 rings (SSSR count). The van der Waals surface area contributed by atoms with E-state index in [1.54, 1.807) is 6.26 Å². The molecule has 0 aliphatic heterocycles. The van der Waals surface area contributed by atoms with Crippen LogP contribution >= 0.6 is 0 Å². The van der Waals surface area contributed by atoms with Crippen molar-refractivity contribution in [3.63, 3.8) is 0 Å². The third-order valence-electron chi connectivity index (χ3n) is 3.77. The molecule has 0 bridgehead atoms. The Hall–Kier alpha value is -2.25. The van der Waals surface area contributed by atoms with E-state index in [2.05, 4.69) is 28.4 Å². The second kappa shape index (κ2) is 6.02. The van der Waals surface area contributed by atoms with Crippen LogP contribution in [0.3, 0.4) is 0 Å². The van der Waals surface area contributed by atoms with Gasteiger partial charge in [-0.25, -0.2) is 0 Å². The molecule has 4 heteroatoms. The van der Waals surface area contributed by atoms with Gasteiger partial charge < -0.3 is 14.6 Å². The zero-order valence-electron chi connectivity index (χ0n) is 12.2. The van der Waals surface area contributed by atoms with Crippen LogP contribution in [0.25, 0.3) is 0 Å². The van der Waals surface area contributed by atoms with Gasteiger partial charge in [-0.3, -0.25) is 0 Å². The first-order valence-corrected chi connectivity index (χ1v) is 7.28. The monoisotopic (exact) mass is 281 g/mol. The molecule has 0 saturated heterocycles. The Morgan fingerprint density at radius 2 is 2.24 bits per heavy atom. The van der Waals surface area contributed by atoms with Gasteiger partial charge >= 0.3 is 0 Å². The van der Waals surface area contributed by atoms with E-state index in [4.69, 9.17) is 4.42 Å². The van der Waals surface area contributed by atoms with E-state index in [1.165, 1.54) is 12.8 Å². The summed E-state index contributed by atoms with van der Waals surface area (Å²) in [6.07, 6.45) is 4.06. The van der Waals surface area contributed by atoms with Crippen LogP contribution in [0.1, 0.15) is 29.7 Å². The number of nitrogens with zero attached hydrogens (tertiary/aromatic N) is 2. The number of anilines is 1. The van der Waals surface area contributed by atoms with E-state index >= 15 is 0 Å². The van der Waals surface area contributed by atoms with E-state index in [-0.39, 0.29) is 0 Å². The average Bonchev–Trinajstić information content (AvgIpc) is 3.22. The second-order valence-corrected chi connectivity index (χ2v) is 5.43. The van der Waals surface area contributed by atoms with Crippen LogP contribution in [0, 0.1) is 11.3 Å². The summed E-state index contributed by atoms with van der Waals surface area (Å²) in [5.41, 5.74) is 2.88. The number of nitrogens with one attached hydrogen (secondary N) is 1. The SMILES string of the molecule is CNCc1ccc(N(Cc2ccco2)C2CC2)c(C#N)c1. The zero-order chi connectivity index (χ0) is 14.7. The van der Waals surface area contributed by atoms with Gasteiger partial charge in [-0.05, 0) is 49.7 Å². The normalized spacial score (nSPS) is 13.9. The van der Waals surface area contributed by atoms with Crippen molar-refractivity contribution in [2.45, 2.75) is 32.0 Å². The molecule has 0 unspecified atom stereocenters. The van der Waals surface area contributed by atoms with Gasteiger partial charge in [0.1, 0.15) is 11.8 Å². The molecule has 0 spiro atoms. The molecule has 0 amide bonds. The Bertz CT molecular complexity index is 639. The highest BCUT2D eigenvalue weighted by molar-refractivity contribution is 5.61. The van der Waals surface area contributed by atoms with Crippen molar-refractivity contribution < 1.29 is 4.42 Å². The Morgan fingerprint density at radius 3 is 2.86 bits per heavy atom. The molecule has 1 N–H and O–H groups in total. The number of furan rings is 1. The smallest absolute Gasteiger partial charge is 0.123 e. The fourth-order valence-corrected chi connectivity index (χ4v) is 2.60. The fourth-order valence-electron chi connectivity index (χ4n) is 2.60. The maximum Gasteiger partial charge on any atom is 0.123 e. The van der Waals surface area contributed by atoms with Gasteiger partial charge in [0, 0.05) is 12.6 Å². The standard InChI is InChI=1S/C17H19N3O/c1-19-11-13-4-7-17(14(9-13)10-18)20(15-5-6-15)12-16-3-2-8-21-16/h2-4,7-9,15,19H,5-6,11-12H2,1H3. The van der Waals surface area contributed by atoms with Gasteiger partial charge in [0.05, 0.1) is 24.1 Å². The van der Waals surface area contributed by atoms with Gasteiger partial charge in [0.15, 0.2) is 0 Å². The van der Waals surface area contributed by atoms with Crippen molar-refractivity contribution in [2.24, 2.45) is 0 Å². The quantitative estimate of drug-likeness (QED) is 0.884. The van der Waals surface area contributed by atoms with Crippen molar-refractivity contribution in [1.29, 1.82) is 5.26 Å². The molecule has 21 heavy (non-hydrogen) atoms. The topological polar surface area (TPSA) is 52.2 Å². The summed E-state index contributed by atoms with van der Waals surface area (Å²) in [6.45, 7) is 1.49. The third-order valence-corrected chi connectivity index (χ3v) is 3.77. The average molecular weight is 281 g/mol. The Labute approximate surface area is 125 Å². The molecule has 1 saturated carbocycles. The summed E-state index contributed by atoms with van der Waals surface area (Å²) < 4.78 is 5.46. The number of hydrogen-bond donors (Lipinski definition) is 1. The van der Waals surface area contributed by atoms with Crippen LogP contribution in [-0.4, -0.2) is 13.1 Å². The van der Waals surface area contributed by atoms with Gasteiger partial charge in [-0.1, -0.05) is 6.07 Å². The molecule has 1 aliphatic carbocycles. The number of nitriles is 1. The molecule has 1 aromatic carbocycles. The summed E-state index contributed by atoms with van der Waals surface area (Å²) in [6, 6.07) is 12.9. The van der Waals surface area contributed by atoms with Crippen LogP contribution in [-0.2, 0) is 13.1 Å². The number of benzene rings is 1. The highest BCUT2D eigenvalue weighted by Gasteiger charge is 2.31. The number of rotatable bonds is 6. The largest absolute Gasteiger partial charge is 0.467 e. The molecule has 2 aromatic rings. The highest BCUT2D eigenvalue weighted by atomic mass is 16.3. The lowest BCUT2D eigenvalue weighted by Gasteiger charge is -2.25. The van der Waals surface area contributed by atoms with E-state index in [0.717, 1.165) is 35.7 Å². The van der Waals surface area contributed by atoms with E-state index in [9.17, 15) is 5.26 Å². The minimum atomic E-state index is 0.525.